The van der Waals surface area contributed by atoms with Crippen molar-refractivity contribution in [1.82, 2.24) is 19.7 Å². The molecule has 2 amide bonds. The number of aromatic nitrogens is 1. The van der Waals surface area contributed by atoms with E-state index in [-0.39, 0.29) is 5.75 Å². The highest BCUT2D eigenvalue weighted by atomic mass is 35.5. The van der Waals surface area contributed by atoms with Gasteiger partial charge in [0.15, 0.2) is 12.5 Å². The van der Waals surface area contributed by atoms with Crippen LogP contribution in [-0.2, 0) is 0 Å². The molecular formula is C24H27ClN4O4. The molecule has 0 saturated carbocycles. The second kappa shape index (κ2) is 8.87. The SMILES string of the molecule is O=C1NC(O)C(O)N1CCN1CCC(c2cn(-c3ccc(O)cc3)c3ccc(Cl)cc23)CC1. The van der Waals surface area contributed by atoms with Crippen molar-refractivity contribution in [2.75, 3.05) is 26.2 Å². The lowest BCUT2D eigenvalue weighted by molar-refractivity contribution is -0.0362. The first-order valence-electron chi connectivity index (χ1n) is 11.2. The highest BCUT2D eigenvalue weighted by Gasteiger charge is 2.36. The van der Waals surface area contributed by atoms with Gasteiger partial charge in [-0.2, -0.15) is 0 Å². The van der Waals surface area contributed by atoms with Crippen molar-refractivity contribution in [2.24, 2.45) is 0 Å². The summed E-state index contributed by atoms with van der Waals surface area (Å²) in [7, 11) is 0. The minimum absolute atomic E-state index is 0.235. The number of hydrogen-bond donors (Lipinski definition) is 4. The molecule has 33 heavy (non-hydrogen) atoms. The van der Waals surface area contributed by atoms with Crippen LogP contribution in [0.5, 0.6) is 5.75 Å². The molecular weight excluding hydrogens is 444 g/mol. The number of aliphatic hydroxyl groups excluding tert-OH is 2. The van der Waals surface area contributed by atoms with E-state index in [4.69, 9.17) is 11.6 Å². The second-order valence-electron chi connectivity index (χ2n) is 8.75. The number of aliphatic hydroxyl groups is 2. The van der Waals surface area contributed by atoms with Gasteiger partial charge in [0, 0.05) is 35.4 Å². The normalized spacial score (nSPS) is 22.3. The maximum Gasteiger partial charge on any atom is 0.321 e. The molecule has 0 radical (unpaired) electrons. The lowest BCUT2D eigenvalue weighted by atomic mass is 9.89. The molecule has 0 aliphatic carbocycles. The summed E-state index contributed by atoms with van der Waals surface area (Å²) >= 11 is 6.34. The molecule has 5 rings (SSSR count). The van der Waals surface area contributed by atoms with Gasteiger partial charge < -0.3 is 30.1 Å². The van der Waals surface area contributed by atoms with Crippen LogP contribution in [0.15, 0.2) is 48.7 Å². The molecule has 2 aromatic carbocycles. The quantitative estimate of drug-likeness (QED) is 0.459. The van der Waals surface area contributed by atoms with Crippen LogP contribution < -0.4 is 5.32 Å². The minimum Gasteiger partial charge on any atom is -0.508 e. The number of benzene rings is 2. The van der Waals surface area contributed by atoms with Crippen molar-refractivity contribution < 1.29 is 20.1 Å². The zero-order valence-electron chi connectivity index (χ0n) is 18.1. The molecule has 0 spiro atoms. The average Bonchev–Trinajstić information content (AvgIpc) is 3.29. The molecule has 2 saturated heterocycles. The van der Waals surface area contributed by atoms with E-state index in [9.17, 15) is 20.1 Å². The first-order valence-corrected chi connectivity index (χ1v) is 11.5. The zero-order valence-corrected chi connectivity index (χ0v) is 18.8. The lowest BCUT2D eigenvalue weighted by Crippen LogP contribution is -2.43. The van der Waals surface area contributed by atoms with Crippen LogP contribution in [0.4, 0.5) is 4.79 Å². The third-order valence-electron chi connectivity index (χ3n) is 6.74. The first-order chi connectivity index (χ1) is 15.9. The van der Waals surface area contributed by atoms with Gasteiger partial charge in [-0.25, -0.2) is 4.79 Å². The number of piperidine rings is 1. The minimum atomic E-state index is -1.24. The summed E-state index contributed by atoms with van der Waals surface area (Å²) in [4.78, 5) is 15.4. The second-order valence-corrected chi connectivity index (χ2v) is 9.19. The van der Waals surface area contributed by atoms with Crippen LogP contribution in [-0.4, -0.2) is 74.4 Å². The Hall–Kier alpha value is -2.78. The van der Waals surface area contributed by atoms with Gasteiger partial charge >= 0.3 is 6.03 Å². The molecule has 8 nitrogen and oxygen atoms in total. The van der Waals surface area contributed by atoms with Crippen molar-refractivity contribution >= 4 is 28.5 Å². The van der Waals surface area contributed by atoms with Crippen LogP contribution in [0.3, 0.4) is 0 Å². The van der Waals surface area contributed by atoms with Crippen molar-refractivity contribution in [2.45, 2.75) is 31.2 Å². The monoisotopic (exact) mass is 470 g/mol. The van der Waals surface area contributed by atoms with Gasteiger partial charge in [-0.1, -0.05) is 11.6 Å². The van der Waals surface area contributed by atoms with Gasteiger partial charge in [-0.3, -0.25) is 4.90 Å². The average molecular weight is 471 g/mol. The number of carbonyl (C=O) groups is 1. The summed E-state index contributed by atoms with van der Waals surface area (Å²) in [6.07, 6.45) is 1.68. The molecule has 2 aliphatic heterocycles. The fraction of sp³-hybridized carbons (Fsp3) is 0.375. The number of halogens is 1. The highest BCUT2D eigenvalue weighted by Crippen LogP contribution is 2.37. The lowest BCUT2D eigenvalue weighted by Gasteiger charge is -2.33. The summed E-state index contributed by atoms with van der Waals surface area (Å²) in [6.45, 7) is 2.77. The molecule has 0 bridgehead atoms. The van der Waals surface area contributed by atoms with E-state index < -0.39 is 18.5 Å². The van der Waals surface area contributed by atoms with Gasteiger partial charge in [-0.15, -0.1) is 0 Å². The number of urea groups is 1. The van der Waals surface area contributed by atoms with E-state index in [0.717, 1.165) is 42.5 Å². The number of likely N-dealkylation sites (tertiary alicyclic amines) is 1. The van der Waals surface area contributed by atoms with Crippen molar-refractivity contribution in [3.05, 3.63) is 59.2 Å². The van der Waals surface area contributed by atoms with Crippen LogP contribution in [0.1, 0.15) is 24.3 Å². The fourth-order valence-electron chi connectivity index (χ4n) is 4.90. The summed E-state index contributed by atoms with van der Waals surface area (Å²) in [6, 6.07) is 12.7. The van der Waals surface area contributed by atoms with E-state index in [1.807, 2.05) is 30.3 Å². The first kappa shape index (κ1) is 22.0. The predicted octanol–water partition coefficient (Wildman–Crippen LogP) is 2.83. The summed E-state index contributed by atoms with van der Waals surface area (Å²) in [5.74, 6) is 0.613. The highest BCUT2D eigenvalue weighted by molar-refractivity contribution is 6.31. The topological polar surface area (TPSA) is 101 Å². The van der Waals surface area contributed by atoms with E-state index in [2.05, 4.69) is 21.0 Å². The van der Waals surface area contributed by atoms with Gasteiger partial charge in [0.05, 0.1) is 5.52 Å². The Balaban J connectivity index is 1.31. The van der Waals surface area contributed by atoms with Crippen molar-refractivity contribution in [3.8, 4) is 11.4 Å². The van der Waals surface area contributed by atoms with Crippen LogP contribution >= 0.6 is 11.6 Å². The van der Waals surface area contributed by atoms with Gasteiger partial charge in [-0.05, 0) is 79.9 Å². The largest absolute Gasteiger partial charge is 0.508 e. The third-order valence-corrected chi connectivity index (χ3v) is 6.98. The van der Waals surface area contributed by atoms with Gasteiger partial charge in [0.1, 0.15) is 5.75 Å². The number of amides is 2. The molecule has 3 aromatic rings. The maximum atomic E-state index is 11.8. The van der Waals surface area contributed by atoms with E-state index in [0.29, 0.717) is 24.0 Å². The predicted molar refractivity (Wildman–Crippen MR) is 126 cm³/mol. The van der Waals surface area contributed by atoms with Gasteiger partial charge in [0.2, 0.25) is 0 Å². The number of phenolic OH excluding ortho intramolecular Hbond substituents is 1. The molecule has 2 aliphatic rings. The Labute approximate surface area is 196 Å². The number of rotatable bonds is 5. The number of aromatic hydroxyl groups is 1. The van der Waals surface area contributed by atoms with Crippen molar-refractivity contribution in [1.29, 1.82) is 0 Å². The molecule has 1 aromatic heterocycles. The number of nitrogens with zero attached hydrogens (tertiary/aromatic N) is 3. The summed E-state index contributed by atoms with van der Waals surface area (Å²) < 4.78 is 2.14. The molecule has 4 N–H and O–H groups in total. The molecule has 3 heterocycles. The zero-order chi connectivity index (χ0) is 23.1. The molecule has 2 atom stereocenters. The smallest absolute Gasteiger partial charge is 0.321 e. The fourth-order valence-corrected chi connectivity index (χ4v) is 5.08. The molecule has 2 unspecified atom stereocenters. The van der Waals surface area contributed by atoms with E-state index in [1.54, 1.807) is 12.1 Å². The molecule has 2 fully saturated rings. The Morgan fingerprint density at radius 1 is 1.03 bits per heavy atom. The van der Waals surface area contributed by atoms with E-state index in [1.165, 1.54) is 10.5 Å². The maximum absolute atomic E-state index is 11.8. The Morgan fingerprint density at radius 3 is 2.42 bits per heavy atom. The number of nitrogens with one attached hydrogen (secondary N) is 1. The van der Waals surface area contributed by atoms with E-state index >= 15 is 0 Å². The summed E-state index contributed by atoms with van der Waals surface area (Å²) in [5.41, 5.74) is 3.32. The standard InChI is InChI=1S/C24H27ClN4O4/c25-16-1-6-21-19(13-16)20(14-29(21)17-2-4-18(30)5-3-17)15-7-9-27(10-8-15)11-12-28-23(32)22(31)26-24(28)33/h1-6,13-15,22-23,30-32H,7-12H2,(H,26,33). The van der Waals surface area contributed by atoms with Crippen molar-refractivity contribution in [3.63, 3.8) is 0 Å². The van der Waals surface area contributed by atoms with Crippen LogP contribution in [0, 0.1) is 0 Å². The Kier molecular flexibility index (Phi) is 5.92. The third kappa shape index (κ3) is 4.27. The van der Waals surface area contributed by atoms with Crippen LogP contribution in [0.2, 0.25) is 5.02 Å². The Bertz CT molecular complexity index is 1160. The molecule has 174 valence electrons. The van der Waals surface area contributed by atoms with Gasteiger partial charge in [0.25, 0.3) is 0 Å². The molecule has 9 heteroatoms. The number of phenols is 1. The Morgan fingerprint density at radius 2 is 1.76 bits per heavy atom. The van der Waals surface area contributed by atoms with Crippen LogP contribution in [0.25, 0.3) is 16.6 Å². The number of fused-ring (bicyclic) bond motifs is 1. The number of carbonyl (C=O) groups excluding carboxylic acids is 1. The number of hydrogen-bond acceptors (Lipinski definition) is 5. The summed E-state index contributed by atoms with van der Waals surface area (Å²) in [5, 5.41) is 33.3.